The van der Waals surface area contributed by atoms with Crippen molar-refractivity contribution in [2.45, 2.75) is 0 Å². The molecule has 13 heavy (non-hydrogen) atoms. The molecule has 0 amide bonds. The van der Waals surface area contributed by atoms with Gasteiger partial charge in [-0.25, -0.2) is 9.59 Å². The molecular formula is C4H11Na3O6. The molecule has 0 aromatic carbocycles. The average Bonchev–Trinajstić information content (AvgIpc) is 1.89. The molecule has 0 heterocycles. The molecule has 6 nitrogen and oxygen atoms in total. The van der Waals surface area contributed by atoms with Gasteiger partial charge in [-0.3, -0.25) is 0 Å². The van der Waals surface area contributed by atoms with E-state index in [4.69, 9.17) is 30.0 Å². The van der Waals surface area contributed by atoms with E-state index in [0.29, 0.717) is 0 Å². The molecule has 0 unspecified atom stereocenters. The molecule has 0 aromatic heterocycles. The minimum absolute atomic E-state index is 0. The van der Waals surface area contributed by atoms with Crippen molar-refractivity contribution in [1.29, 1.82) is 0 Å². The Morgan fingerprint density at radius 1 is 0.846 bits per heavy atom. The van der Waals surface area contributed by atoms with Crippen LogP contribution < -0.4 is 88.7 Å². The van der Waals surface area contributed by atoms with Gasteiger partial charge in [0.15, 0.2) is 0 Å². The summed E-state index contributed by atoms with van der Waals surface area (Å²) in [6.07, 6.45) is 0. The topological polar surface area (TPSA) is 115 Å². The van der Waals surface area contributed by atoms with Gasteiger partial charge in [0.1, 0.15) is 0 Å². The largest absolute Gasteiger partial charge is 1.00 e. The van der Waals surface area contributed by atoms with Gasteiger partial charge in [0.25, 0.3) is 0 Å². The van der Waals surface area contributed by atoms with Gasteiger partial charge < -0.3 is 24.7 Å². The van der Waals surface area contributed by atoms with E-state index in [-0.39, 0.29) is 106 Å². The van der Waals surface area contributed by atoms with Gasteiger partial charge in [0, 0.05) is 0 Å². The maximum atomic E-state index is 9.10. The first-order valence-electron chi connectivity index (χ1n) is 2.24. The van der Waals surface area contributed by atoms with Crippen LogP contribution in [0.3, 0.4) is 0 Å². The second-order valence-corrected chi connectivity index (χ2v) is 1.06. The quantitative estimate of drug-likeness (QED) is 0.260. The van der Waals surface area contributed by atoms with Crippen molar-refractivity contribution in [2.75, 3.05) is 13.2 Å². The summed E-state index contributed by atoms with van der Waals surface area (Å²) in [5, 5.41) is 30.0. The number of rotatable bonds is 1. The Morgan fingerprint density at radius 2 is 1.00 bits per heavy atom. The molecule has 0 radical (unpaired) electrons. The van der Waals surface area contributed by atoms with Crippen LogP contribution >= 0.6 is 0 Å². The SMILES string of the molecule is O=C(O)C(=O)O.OCCO.[H-].[H-].[H-].[Na+].[Na+].[Na+]. The number of carboxylic acids is 2. The van der Waals surface area contributed by atoms with Crippen LogP contribution in [0, 0.1) is 0 Å². The predicted molar refractivity (Wildman–Crippen MR) is 32.8 cm³/mol. The van der Waals surface area contributed by atoms with Crippen molar-refractivity contribution in [3.8, 4) is 0 Å². The summed E-state index contributed by atoms with van der Waals surface area (Å²) in [5.41, 5.74) is 0. The van der Waals surface area contributed by atoms with Crippen molar-refractivity contribution in [3.05, 3.63) is 0 Å². The van der Waals surface area contributed by atoms with Crippen molar-refractivity contribution in [3.63, 3.8) is 0 Å². The number of hydrogen-bond acceptors (Lipinski definition) is 4. The van der Waals surface area contributed by atoms with Crippen LogP contribution in [-0.2, 0) is 9.59 Å². The Bertz CT molecular complexity index is 116. The molecule has 0 fully saturated rings. The molecule has 0 aliphatic rings. The number of carboxylic acid groups (broad SMARTS) is 2. The minimum atomic E-state index is -1.82. The van der Waals surface area contributed by atoms with Crippen molar-refractivity contribution in [1.82, 2.24) is 0 Å². The third kappa shape index (κ3) is 41.4. The Hall–Kier alpha value is 1.86. The average molecular weight is 224 g/mol. The molecule has 0 saturated carbocycles. The molecule has 0 aromatic rings. The van der Waals surface area contributed by atoms with E-state index in [0.717, 1.165) is 0 Å². The maximum absolute atomic E-state index is 9.10. The standard InChI is InChI=1S/C2H2O4.C2H6O2.3Na.3H/c3-1(4)2(5)6;3-1-2-4;;;;;;/h(H,3,4)(H,5,6);3-4H,1-2H2;;;;;;/q;;3*+1;3*-1. The summed E-state index contributed by atoms with van der Waals surface area (Å²) in [6, 6.07) is 0. The summed E-state index contributed by atoms with van der Waals surface area (Å²) >= 11 is 0. The third-order valence-corrected chi connectivity index (χ3v) is 0.283. The zero-order chi connectivity index (χ0) is 8.57. The second kappa shape index (κ2) is 23.6. The van der Waals surface area contributed by atoms with Gasteiger partial charge in [-0.2, -0.15) is 0 Å². The zero-order valence-corrected chi connectivity index (χ0v) is 14.0. The molecule has 0 aliphatic heterocycles. The molecule has 0 spiro atoms. The monoisotopic (exact) mass is 224 g/mol. The molecular weight excluding hydrogens is 213 g/mol. The molecule has 0 bridgehead atoms. The van der Waals surface area contributed by atoms with Gasteiger partial charge in [-0.15, -0.1) is 0 Å². The van der Waals surface area contributed by atoms with Gasteiger partial charge >= 0.3 is 101 Å². The molecule has 0 aliphatic carbocycles. The molecule has 4 N–H and O–H groups in total. The first-order valence-corrected chi connectivity index (χ1v) is 2.24. The number of carbonyl (C=O) groups is 2. The van der Waals surface area contributed by atoms with Gasteiger partial charge in [0.05, 0.1) is 13.2 Å². The summed E-state index contributed by atoms with van der Waals surface area (Å²) in [6.45, 7) is -0.250. The fourth-order valence-electron chi connectivity index (χ4n) is 0. The van der Waals surface area contributed by atoms with E-state index in [1.165, 1.54) is 0 Å². The number of aliphatic hydroxyl groups excluding tert-OH is 2. The molecule has 0 rings (SSSR count). The van der Waals surface area contributed by atoms with Crippen molar-refractivity contribution >= 4 is 11.9 Å². The second-order valence-electron chi connectivity index (χ2n) is 1.06. The number of hydrogen-bond donors (Lipinski definition) is 4. The van der Waals surface area contributed by atoms with Gasteiger partial charge in [-0.1, -0.05) is 0 Å². The summed E-state index contributed by atoms with van der Waals surface area (Å²) < 4.78 is 0. The summed E-state index contributed by atoms with van der Waals surface area (Å²) in [5.74, 6) is -3.65. The number of aliphatic carboxylic acids is 2. The Labute approximate surface area is 146 Å². The van der Waals surface area contributed by atoms with Crippen LogP contribution in [0.2, 0.25) is 0 Å². The van der Waals surface area contributed by atoms with Crippen LogP contribution in [0.5, 0.6) is 0 Å². The maximum Gasteiger partial charge on any atom is 1.00 e. The normalized spacial score (nSPS) is 5.69. The van der Waals surface area contributed by atoms with Crippen molar-refractivity contribution < 1.29 is 123 Å². The van der Waals surface area contributed by atoms with Crippen LogP contribution in [-0.4, -0.2) is 45.6 Å². The van der Waals surface area contributed by atoms with Gasteiger partial charge in [-0.05, 0) is 0 Å². The van der Waals surface area contributed by atoms with E-state index in [1.54, 1.807) is 0 Å². The molecule has 66 valence electrons. The van der Waals surface area contributed by atoms with Crippen LogP contribution in [0.25, 0.3) is 0 Å². The first-order chi connectivity index (χ1) is 4.56. The minimum Gasteiger partial charge on any atom is -1.00 e. The zero-order valence-electron chi connectivity index (χ0n) is 11.0. The van der Waals surface area contributed by atoms with E-state index in [9.17, 15) is 0 Å². The van der Waals surface area contributed by atoms with E-state index >= 15 is 0 Å². The van der Waals surface area contributed by atoms with Crippen molar-refractivity contribution in [2.24, 2.45) is 0 Å². The van der Waals surface area contributed by atoms with Gasteiger partial charge in [0.2, 0.25) is 0 Å². The van der Waals surface area contributed by atoms with E-state index in [1.807, 2.05) is 0 Å². The first kappa shape index (κ1) is 29.4. The summed E-state index contributed by atoms with van der Waals surface area (Å²) in [7, 11) is 0. The Balaban J connectivity index is -0.00000001000. The van der Waals surface area contributed by atoms with E-state index in [2.05, 4.69) is 0 Å². The Morgan fingerprint density at radius 3 is 1.00 bits per heavy atom. The van der Waals surface area contributed by atoms with E-state index < -0.39 is 11.9 Å². The molecule has 0 saturated heterocycles. The molecule has 0 atom stereocenters. The number of aliphatic hydroxyl groups is 2. The molecule has 9 heteroatoms. The summed E-state index contributed by atoms with van der Waals surface area (Å²) in [4.78, 5) is 18.2. The van der Waals surface area contributed by atoms with Crippen LogP contribution in [0.4, 0.5) is 0 Å². The smallest absolute Gasteiger partial charge is 1.00 e. The third-order valence-electron chi connectivity index (χ3n) is 0.283. The van der Waals surface area contributed by atoms with Crippen LogP contribution in [0.15, 0.2) is 0 Å². The Kier molecular flexibility index (Phi) is 53.3. The predicted octanol–water partition coefficient (Wildman–Crippen LogP) is -10.5. The van der Waals surface area contributed by atoms with Crippen LogP contribution in [0.1, 0.15) is 4.28 Å². The fraction of sp³-hybridized carbons (Fsp3) is 0.500. The fourth-order valence-corrected chi connectivity index (χ4v) is 0.